The van der Waals surface area contributed by atoms with Crippen LogP contribution >= 0.6 is 11.6 Å². The van der Waals surface area contributed by atoms with Crippen molar-refractivity contribution in [2.45, 2.75) is 11.8 Å². The van der Waals surface area contributed by atoms with Crippen LogP contribution in [0.3, 0.4) is 0 Å². The summed E-state index contributed by atoms with van der Waals surface area (Å²) in [6.07, 6.45) is 0. The molecule has 3 rings (SSSR count). The van der Waals surface area contributed by atoms with Gasteiger partial charge in [0.2, 0.25) is 5.91 Å². The van der Waals surface area contributed by atoms with Crippen LogP contribution in [0.1, 0.15) is 17.3 Å². The van der Waals surface area contributed by atoms with Crippen LogP contribution in [0.5, 0.6) is 0 Å². The van der Waals surface area contributed by atoms with Gasteiger partial charge in [-0.3, -0.25) is 14.3 Å². The van der Waals surface area contributed by atoms with Crippen LogP contribution in [0, 0.1) is 0 Å². The number of rotatable bonds is 6. The van der Waals surface area contributed by atoms with E-state index in [-0.39, 0.29) is 22.1 Å². The van der Waals surface area contributed by atoms with Gasteiger partial charge >= 0.3 is 0 Å². The van der Waals surface area contributed by atoms with Gasteiger partial charge in [0.15, 0.2) is 0 Å². The third-order valence-electron chi connectivity index (χ3n) is 3.98. The van der Waals surface area contributed by atoms with E-state index in [2.05, 4.69) is 15.4 Å². The van der Waals surface area contributed by atoms with E-state index < -0.39 is 15.9 Å². The highest BCUT2D eigenvalue weighted by Crippen LogP contribution is 2.23. The number of hydrogen-bond donors (Lipinski definition) is 3. The number of halogens is 1. The molecule has 0 radical (unpaired) electrons. The molecule has 0 spiro atoms. The zero-order valence-corrected chi connectivity index (χ0v) is 17.4. The van der Waals surface area contributed by atoms with Crippen LogP contribution in [-0.4, -0.2) is 20.2 Å². The number of para-hydroxylation sites is 1. The lowest BCUT2D eigenvalue weighted by molar-refractivity contribution is -0.114. The van der Waals surface area contributed by atoms with Gasteiger partial charge in [0.1, 0.15) is 0 Å². The van der Waals surface area contributed by atoms with Crippen LogP contribution in [-0.2, 0) is 14.8 Å². The molecule has 3 aromatic rings. The minimum atomic E-state index is -3.92. The zero-order valence-electron chi connectivity index (χ0n) is 15.8. The third-order valence-corrected chi connectivity index (χ3v) is 5.61. The van der Waals surface area contributed by atoms with Crippen LogP contribution in [0.2, 0.25) is 5.02 Å². The maximum Gasteiger partial charge on any atom is 0.261 e. The topological polar surface area (TPSA) is 104 Å². The van der Waals surface area contributed by atoms with E-state index in [1.54, 1.807) is 36.4 Å². The molecule has 0 unspecified atom stereocenters. The first kappa shape index (κ1) is 21.4. The Morgan fingerprint density at radius 2 is 1.47 bits per heavy atom. The van der Waals surface area contributed by atoms with Crippen molar-refractivity contribution in [1.29, 1.82) is 0 Å². The van der Waals surface area contributed by atoms with Crippen molar-refractivity contribution >= 4 is 50.5 Å². The number of anilines is 3. The van der Waals surface area contributed by atoms with Gasteiger partial charge in [-0.2, -0.15) is 0 Å². The summed E-state index contributed by atoms with van der Waals surface area (Å²) < 4.78 is 27.8. The molecule has 0 saturated carbocycles. The molecular weight excluding hydrogens is 426 g/mol. The summed E-state index contributed by atoms with van der Waals surface area (Å²) in [4.78, 5) is 24.0. The smallest absolute Gasteiger partial charge is 0.261 e. The molecule has 2 amide bonds. The largest absolute Gasteiger partial charge is 0.326 e. The van der Waals surface area contributed by atoms with E-state index in [0.717, 1.165) is 0 Å². The quantitative estimate of drug-likeness (QED) is 0.526. The number of carbonyl (C=O) groups excluding carboxylic acids is 2. The van der Waals surface area contributed by atoms with Crippen LogP contribution in [0.25, 0.3) is 0 Å². The Kier molecular flexibility index (Phi) is 6.39. The first-order valence-corrected chi connectivity index (χ1v) is 10.7. The second kappa shape index (κ2) is 8.98. The van der Waals surface area contributed by atoms with Gasteiger partial charge in [-0.1, -0.05) is 29.8 Å². The number of nitrogens with one attached hydrogen (secondary N) is 3. The Morgan fingerprint density at radius 1 is 0.833 bits per heavy atom. The number of benzene rings is 3. The lowest BCUT2D eigenvalue weighted by Gasteiger charge is -2.13. The molecule has 30 heavy (non-hydrogen) atoms. The van der Waals surface area contributed by atoms with E-state index in [1.807, 2.05) is 0 Å². The molecule has 0 aliphatic rings. The first-order valence-electron chi connectivity index (χ1n) is 8.81. The summed E-state index contributed by atoms with van der Waals surface area (Å²) in [6, 6.07) is 18.6. The average molecular weight is 444 g/mol. The molecule has 3 aromatic carbocycles. The first-order chi connectivity index (χ1) is 14.2. The number of hydrogen-bond acceptors (Lipinski definition) is 4. The van der Waals surface area contributed by atoms with Gasteiger partial charge in [0.25, 0.3) is 15.9 Å². The Hall–Kier alpha value is -3.36. The van der Waals surface area contributed by atoms with E-state index in [1.165, 1.54) is 43.3 Å². The Bertz CT molecular complexity index is 1190. The van der Waals surface area contributed by atoms with Gasteiger partial charge in [0, 0.05) is 23.3 Å². The fourth-order valence-electron chi connectivity index (χ4n) is 2.66. The van der Waals surface area contributed by atoms with Gasteiger partial charge in [-0.05, 0) is 54.6 Å². The fourth-order valence-corrected chi connectivity index (χ4v) is 3.87. The maximum atomic E-state index is 12.8. The van der Waals surface area contributed by atoms with Crippen molar-refractivity contribution < 1.29 is 18.0 Å². The molecule has 0 bridgehead atoms. The molecule has 0 saturated heterocycles. The van der Waals surface area contributed by atoms with Gasteiger partial charge in [-0.25, -0.2) is 8.42 Å². The molecule has 7 nitrogen and oxygen atoms in total. The Morgan fingerprint density at radius 3 is 2.13 bits per heavy atom. The zero-order chi connectivity index (χ0) is 21.7. The second-order valence-corrected chi connectivity index (χ2v) is 8.44. The number of sulfonamides is 1. The molecule has 0 aliphatic carbocycles. The molecular formula is C21H18ClN3O4S. The SMILES string of the molecule is CC(=O)Nc1cccc(NC(=O)c2ccccc2NS(=O)(=O)c2ccc(Cl)cc2)c1. The molecule has 0 heterocycles. The standard InChI is InChI=1S/C21H18ClN3O4S/c1-14(26)23-16-5-4-6-17(13-16)24-21(27)19-7-2-3-8-20(19)25-30(28,29)18-11-9-15(22)10-12-18/h2-13,25H,1H3,(H,23,26)(H,24,27). The highest BCUT2D eigenvalue weighted by molar-refractivity contribution is 7.92. The van der Waals surface area contributed by atoms with Crippen LogP contribution in [0.4, 0.5) is 17.1 Å². The minimum absolute atomic E-state index is 0.0186. The van der Waals surface area contributed by atoms with Crippen molar-refractivity contribution in [2.75, 3.05) is 15.4 Å². The average Bonchev–Trinajstić information content (AvgIpc) is 2.68. The summed E-state index contributed by atoms with van der Waals surface area (Å²) in [6.45, 7) is 1.38. The van der Waals surface area contributed by atoms with Crippen molar-refractivity contribution in [3.8, 4) is 0 Å². The van der Waals surface area contributed by atoms with Crippen molar-refractivity contribution in [3.05, 3.63) is 83.4 Å². The fraction of sp³-hybridized carbons (Fsp3) is 0.0476. The van der Waals surface area contributed by atoms with Crippen molar-refractivity contribution in [3.63, 3.8) is 0 Å². The maximum absolute atomic E-state index is 12.8. The van der Waals surface area contributed by atoms with Gasteiger partial charge in [-0.15, -0.1) is 0 Å². The van der Waals surface area contributed by atoms with Gasteiger partial charge < -0.3 is 10.6 Å². The minimum Gasteiger partial charge on any atom is -0.326 e. The van der Waals surface area contributed by atoms with Crippen molar-refractivity contribution in [1.82, 2.24) is 0 Å². The van der Waals surface area contributed by atoms with Crippen LogP contribution < -0.4 is 15.4 Å². The third kappa shape index (κ3) is 5.37. The van der Waals surface area contributed by atoms with Gasteiger partial charge in [0.05, 0.1) is 16.1 Å². The number of amides is 2. The molecule has 9 heteroatoms. The molecule has 0 atom stereocenters. The molecule has 3 N–H and O–H groups in total. The van der Waals surface area contributed by atoms with Crippen LogP contribution in [0.15, 0.2) is 77.7 Å². The Labute approximate surface area is 179 Å². The lowest BCUT2D eigenvalue weighted by Crippen LogP contribution is -2.18. The van der Waals surface area contributed by atoms with Crippen molar-refractivity contribution in [2.24, 2.45) is 0 Å². The van der Waals surface area contributed by atoms with E-state index in [9.17, 15) is 18.0 Å². The predicted molar refractivity (Wildman–Crippen MR) is 117 cm³/mol. The normalized spacial score (nSPS) is 10.9. The molecule has 0 fully saturated rings. The monoisotopic (exact) mass is 443 g/mol. The summed E-state index contributed by atoms with van der Waals surface area (Å²) in [5.74, 6) is -0.746. The summed E-state index contributed by atoms with van der Waals surface area (Å²) in [7, 11) is -3.92. The summed E-state index contributed by atoms with van der Waals surface area (Å²) >= 11 is 5.81. The second-order valence-electron chi connectivity index (χ2n) is 6.32. The molecule has 154 valence electrons. The summed E-state index contributed by atoms with van der Waals surface area (Å²) in [5.41, 5.74) is 1.24. The predicted octanol–water partition coefficient (Wildman–Crippen LogP) is 4.35. The number of carbonyl (C=O) groups is 2. The van der Waals surface area contributed by atoms with E-state index in [4.69, 9.17) is 11.6 Å². The lowest BCUT2D eigenvalue weighted by atomic mass is 10.1. The van der Waals surface area contributed by atoms with E-state index in [0.29, 0.717) is 16.4 Å². The van der Waals surface area contributed by atoms with E-state index >= 15 is 0 Å². The summed E-state index contributed by atoms with van der Waals surface area (Å²) in [5, 5.41) is 5.75. The highest BCUT2D eigenvalue weighted by atomic mass is 35.5. The Balaban J connectivity index is 1.83. The molecule has 0 aliphatic heterocycles. The molecule has 0 aromatic heterocycles. The highest BCUT2D eigenvalue weighted by Gasteiger charge is 2.19.